The van der Waals surface area contributed by atoms with Crippen LogP contribution in [0.2, 0.25) is 0 Å². The van der Waals surface area contributed by atoms with Gasteiger partial charge in [0.15, 0.2) is 0 Å². The molecular weight excluding hydrogens is 409 g/mol. The normalized spacial score (nSPS) is 19.5. The molecule has 10 heteroatoms. The third kappa shape index (κ3) is 5.43. The Morgan fingerprint density at radius 3 is 2.35 bits per heavy atom. The smallest absolute Gasteiger partial charge is 0.433 e. The molecule has 2 aliphatic rings. The van der Waals surface area contributed by atoms with Crippen LogP contribution in [0.5, 0.6) is 5.88 Å². The Hall–Kier alpha value is -2.46. The quantitative estimate of drug-likeness (QED) is 0.714. The second kappa shape index (κ2) is 9.35. The van der Waals surface area contributed by atoms with Gasteiger partial charge in [0.1, 0.15) is 5.69 Å². The average molecular weight is 436 g/mol. The summed E-state index contributed by atoms with van der Waals surface area (Å²) in [7, 11) is 1.60. The van der Waals surface area contributed by atoms with E-state index < -0.39 is 11.9 Å². The van der Waals surface area contributed by atoms with Crippen LogP contribution in [0, 0.1) is 0 Å². The summed E-state index contributed by atoms with van der Waals surface area (Å²) in [4.78, 5) is 19.4. The summed E-state index contributed by atoms with van der Waals surface area (Å²) in [5.41, 5.74) is -0.0215. The molecule has 7 nitrogen and oxygen atoms in total. The monoisotopic (exact) mass is 436 g/mol. The number of alkyl halides is 3. The molecule has 2 fully saturated rings. The van der Waals surface area contributed by atoms with Gasteiger partial charge in [-0.1, -0.05) is 6.07 Å². The summed E-state index contributed by atoms with van der Waals surface area (Å²) in [6, 6.07) is 4.87. The molecule has 2 aromatic heterocycles. The minimum Gasteiger partial charge on any atom is -0.481 e. The molecule has 0 atom stereocenters. The van der Waals surface area contributed by atoms with Gasteiger partial charge in [-0.05, 0) is 37.6 Å². The first kappa shape index (κ1) is 21.8. The number of hydrogen-bond donors (Lipinski definition) is 0. The Morgan fingerprint density at radius 1 is 1.00 bits per heavy atom. The number of piperidine rings is 1. The summed E-state index contributed by atoms with van der Waals surface area (Å²) in [6.07, 6.45) is 0.789. The van der Waals surface area contributed by atoms with Crippen LogP contribution in [-0.4, -0.2) is 77.2 Å². The summed E-state index contributed by atoms with van der Waals surface area (Å²) in [6.45, 7) is 6.20. The first-order valence-electron chi connectivity index (χ1n) is 10.5. The summed E-state index contributed by atoms with van der Waals surface area (Å²) in [5.74, 6) is 1.28. The highest BCUT2D eigenvalue weighted by Gasteiger charge is 2.32. The van der Waals surface area contributed by atoms with Crippen LogP contribution in [0.1, 0.15) is 24.1 Å². The second-order valence-corrected chi connectivity index (χ2v) is 7.98. The van der Waals surface area contributed by atoms with E-state index in [-0.39, 0.29) is 0 Å². The van der Waals surface area contributed by atoms with Gasteiger partial charge in [0.2, 0.25) is 11.8 Å². The SMILES string of the molecule is COc1ccnc(N2CCN(C3CCN(Cc4ccc(C(F)(F)F)nc4)CC3)CC2)n1. The number of nitrogens with zero attached hydrogens (tertiary/aromatic N) is 6. The molecule has 2 aromatic rings. The van der Waals surface area contributed by atoms with Crippen molar-refractivity contribution in [2.45, 2.75) is 31.6 Å². The van der Waals surface area contributed by atoms with E-state index in [2.05, 4.69) is 29.7 Å². The van der Waals surface area contributed by atoms with Crippen molar-refractivity contribution in [2.75, 3.05) is 51.3 Å². The zero-order valence-electron chi connectivity index (χ0n) is 17.6. The van der Waals surface area contributed by atoms with E-state index in [9.17, 15) is 13.2 Å². The molecule has 4 rings (SSSR count). The van der Waals surface area contributed by atoms with Crippen LogP contribution >= 0.6 is 0 Å². The zero-order valence-corrected chi connectivity index (χ0v) is 17.6. The molecule has 168 valence electrons. The predicted octanol–water partition coefficient (Wildman–Crippen LogP) is 2.69. The van der Waals surface area contributed by atoms with Gasteiger partial charge in [0, 0.05) is 57.2 Å². The molecule has 0 aromatic carbocycles. The fourth-order valence-electron chi connectivity index (χ4n) is 4.27. The number of pyridine rings is 1. The van der Waals surface area contributed by atoms with E-state index in [1.165, 1.54) is 12.3 Å². The lowest BCUT2D eigenvalue weighted by Crippen LogP contribution is -2.53. The standard InChI is InChI=1S/C21H27F3N6O/c1-31-19-4-7-25-20(27-19)30-12-10-29(11-13-30)17-5-8-28(9-6-17)15-16-2-3-18(26-14-16)21(22,23)24/h2-4,7,14,17H,5-6,8-13,15H2,1H3. The van der Waals surface area contributed by atoms with Crippen molar-refractivity contribution in [2.24, 2.45) is 0 Å². The minimum absolute atomic E-state index is 0.537. The van der Waals surface area contributed by atoms with Gasteiger partial charge < -0.3 is 9.64 Å². The number of hydrogen-bond acceptors (Lipinski definition) is 7. The van der Waals surface area contributed by atoms with Crippen molar-refractivity contribution in [3.05, 3.63) is 41.9 Å². The number of methoxy groups -OCH3 is 1. The molecule has 0 amide bonds. The average Bonchev–Trinajstić information content (AvgIpc) is 2.79. The summed E-state index contributed by atoms with van der Waals surface area (Å²) < 4.78 is 43.2. The molecule has 0 saturated carbocycles. The molecule has 0 radical (unpaired) electrons. The summed E-state index contributed by atoms with van der Waals surface area (Å²) in [5, 5.41) is 0. The highest BCUT2D eigenvalue weighted by atomic mass is 19.4. The van der Waals surface area contributed by atoms with E-state index in [1.54, 1.807) is 19.4 Å². The Bertz CT molecular complexity index is 847. The maximum absolute atomic E-state index is 12.7. The molecule has 0 spiro atoms. The van der Waals surface area contributed by atoms with Crippen LogP contribution < -0.4 is 9.64 Å². The highest BCUT2D eigenvalue weighted by Crippen LogP contribution is 2.27. The lowest BCUT2D eigenvalue weighted by molar-refractivity contribution is -0.141. The fraction of sp³-hybridized carbons (Fsp3) is 0.571. The van der Waals surface area contributed by atoms with Gasteiger partial charge in [0.05, 0.1) is 7.11 Å². The third-order valence-corrected chi connectivity index (χ3v) is 6.02. The van der Waals surface area contributed by atoms with E-state index in [0.29, 0.717) is 24.4 Å². The molecule has 0 unspecified atom stereocenters. The van der Waals surface area contributed by atoms with Gasteiger partial charge in [-0.3, -0.25) is 14.8 Å². The van der Waals surface area contributed by atoms with Crippen LogP contribution in [0.25, 0.3) is 0 Å². The van der Waals surface area contributed by atoms with Crippen molar-refractivity contribution in [1.29, 1.82) is 0 Å². The molecular formula is C21H27F3N6O. The molecule has 4 heterocycles. The van der Waals surface area contributed by atoms with Crippen molar-refractivity contribution in [3.63, 3.8) is 0 Å². The lowest BCUT2D eigenvalue weighted by Gasteiger charge is -2.42. The number of anilines is 1. The largest absolute Gasteiger partial charge is 0.481 e. The Balaban J connectivity index is 1.23. The topological polar surface area (TPSA) is 57.6 Å². The van der Waals surface area contributed by atoms with E-state index in [0.717, 1.165) is 63.7 Å². The second-order valence-electron chi connectivity index (χ2n) is 7.98. The maximum Gasteiger partial charge on any atom is 0.433 e. The highest BCUT2D eigenvalue weighted by molar-refractivity contribution is 5.32. The number of aromatic nitrogens is 3. The Morgan fingerprint density at radius 2 is 1.74 bits per heavy atom. The molecule has 0 bridgehead atoms. The number of likely N-dealkylation sites (tertiary alicyclic amines) is 1. The van der Waals surface area contributed by atoms with Crippen LogP contribution in [0.4, 0.5) is 19.1 Å². The molecule has 31 heavy (non-hydrogen) atoms. The fourth-order valence-corrected chi connectivity index (χ4v) is 4.27. The van der Waals surface area contributed by atoms with E-state index in [1.807, 2.05) is 0 Å². The number of rotatable bonds is 5. The van der Waals surface area contributed by atoms with Gasteiger partial charge in [-0.15, -0.1) is 0 Å². The van der Waals surface area contributed by atoms with Crippen molar-refractivity contribution in [3.8, 4) is 5.88 Å². The molecule has 0 aliphatic carbocycles. The number of halogens is 3. The van der Waals surface area contributed by atoms with E-state index in [4.69, 9.17) is 4.74 Å². The Kier molecular flexibility index (Phi) is 6.57. The van der Waals surface area contributed by atoms with Crippen molar-refractivity contribution < 1.29 is 17.9 Å². The van der Waals surface area contributed by atoms with E-state index >= 15 is 0 Å². The van der Waals surface area contributed by atoms with Gasteiger partial charge in [-0.2, -0.15) is 18.2 Å². The van der Waals surface area contributed by atoms with Crippen molar-refractivity contribution >= 4 is 5.95 Å². The van der Waals surface area contributed by atoms with Crippen LogP contribution in [0.15, 0.2) is 30.6 Å². The van der Waals surface area contributed by atoms with Gasteiger partial charge in [-0.25, -0.2) is 4.98 Å². The zero-order chi connectivity index (χ0) is 21.8. The number of ether oxygens (including phenoxy) is 1. The molecule has 2 saturated heterocycles. The first-order chi connectivity index (χ1) is 14.9. The minimum atomic E-state index is -4.39. The number of piperazine rings is 1. The predicted molar refractivity (Wildman–Crippen MR) is 110 cm³/mol. The summed E-state index contributed by atoms with van der Waals surface area (Å²) >= 11 is 0. The van der Waals surface area contributed by atoms with Gasteiger partial charge >= 0.3 is 6.18 Å². The third-order valence-electron chi connectivity index (χ3n) is 6.02. The maximum atomic E-state index is 12.7. The molecule has 0 N–H and O–H groups in total. The van der Waals surface area contributed by atoms with Crippen LogP contribution in [-0.2, 0) is 12.7 Å². The lowest BCUT2D eigenvalue weighted by atomic mass is 10.0. The van der Waals surface area contributed by atoms with Crippen LogP contribution in [0.3, 0.4) is 0 Å². The Labute approximate surface area is 179 Å². The van der Waals surface area contributed by atoms with Crippen molar-refractivity contribution in [1.82, 2.24) is 24.8 Å². The first-order valence-corrected chi connectivity index (χ1v) is 10.5. The molecule has 2 aliphatic heterocycles. The van der Waals surface area contributed by atoms with Gasteiger partial charge in [0.25, 0.3) is 0 Å².